The summed E-state index contributed by atoms with van der Waals surface area (Å²) in [7, 11) is 1.43. The van der Waals surface area contributed by atoms with Crippen LogP contribution in [0.5, 0.6) is 5.75 Å². The molecule has 1 N–H and O–H groups in total. The standard InChI is InChI=1S/C21H24N2O5/c1-21(2,3)28-19(25)16-11-8-12-17(14-16)27-20(26)22-23(4)18(24)13-15-9-6-5-7-10-15/h5-12,14H,13H2,1-4H3,(H,22,26). The van der Waals surface area contributed by atoms with Crippen LogP contribution in [0.1, 0.15) is 36.7 Å². The van der Waals surface area contributed by atoms with Crippen molar-refractivity contribution < 1.29 is 23.9 Å². The van der Waals surface area contributed by atoms with E-state index in [-0.39, 0.29) is 23.6 Å². The maximum absolute atomic E-state index is 12.2. The fourth-order valence-electron chi connectivity index (χ4n) is 2.24. The zero-order valence-corrected chi connectivity index (χ0v) is 16.4. The van der Waals surface area contributed by atoms with Crippen LogP contribution < -0.4 is 10.2 Å². The molecule has 2 aromatic carbocycles. The second-order valence-electron chi connectivity index (χ2n) is 7.15. The lowest BCUT2D eigenvalue weighted by Gasteiger charge is -2.20. The molecule has 0 aliphatic rings. The molecule has 0 aliphatic heterocycles. The molecule has 7 nitrogen and oxygen atoms in total. The molecule has 0 spiro atoms. The second kappa shape index (κ2) is 9.03. The van der Waals surface area contributed by atoms with Crippen molar-refractivity contribution in [1.29, 1.82) is 0 Å². The number of amides is 2. The number of nitrogens with zero attached hydrogens (tertiary/aromatic N) is 1. The van der Waals surface area contributed by atoms with Gasteiger partial charge in [0.25, 0.3) is 0 Å². The lowest BCUT2D eigenvalue weighted by atomic mass is 10.1. The minimum atomic E-state index is -0.842. The molecule has 2 amide bonds. The summed E-state index contributed by atoms with van der Waals surface area (Å²) in [6, 6.07) is 15.3. The Morgan fingerprint density at radius 2 is 1.68 bits per heavy atom. The summed E-state index contributed by atoms with van der Waals surface area (Å²) in [5.41, 5.74) is 2.80. The van der Waals surface area contributed by atoms with Crippen molar-refractivity contribution in [2.45, 2.75) is 32.8 Å². The summed E-state index contributed by atoms with van der Waals surface area (Å²) in [6.45, 7) is 5.29. The molecule has 148 valence electrons. The monoisotopic (exact) mass is 384 g/mol. The van der Waals surface area contributed by atoms with Gasteiger partial charge in [0.05, 0.1) is 12.0 Å². The Hall–Kier alpha value is -3.35. The second-order valence-corrected chi connectivity index (χ2v) is 7.15. The predicted molar refractivity (Wildman–Crippen MR) is 104 cm³/mol. The molecule has 0 saturated heterocycles. The van der Waals surface area contributed by atoms with Crippen molar-refractivity contribution in [2.24, 2.45) is 0 Å². The molecule has 2 rings (SSSR count). The highest BCUT2D eigenvalue weighted by atomic mass is 16.6. The molecular formula is C21H24N2O5. The lowest BCUT2D eigenvalue weighted by Crippen LogP contribution is -2.45. The summed E-state index contributed by atoms with van der Waals surface area (Å²) >= 11 is 0. The number of likely N-dealkylation sites (N-methyl/N-ethyl adjacent to an activating group) is 1. The van der Waals surface area contributed by atoms with Gasteiger partial charge in [-0.05, 0) is 44.5 Å². The number of hydrogen-bond donors (Lipinski definition) is 1. The average Bonchev–Trinajstić information content (AvgIpc) is 2.61. The summed E-state index contributed by atoms with van der Waals surface area (Å²) < 4.78 is 10.4. The van der Waals surface area contributed by atoms with E-state index in [1.165, 1.54) is 19.2 Å². The van der Waals surface area contributed by atoms with Gasteiger partial charge < -0.3 is 9.47 Å². The quantitative estimate of drug-likeness (QED) is 0.645. The van der Waals surface area contributed by atoms with Gasteiger partial charge in [-0.3, -0.25) is 9.80 Å². The van der Waals surface area contributed by atoms with E-state index in [1.54, 1.807) is 32.9 Å². The molecule has 0 radical (unpaired) electrons. The molecule has 0 atom stereocenters. The maximum Gasteiger partial charge on any atom is 0.431 e. The van der Waals surface area contributed by atoms with E-state index in [1.807, 2.05) is 30.3 Å². The van der Waals surface area contributed by atoms with Crippen LogP contribution in [0.25, 0.3) is 0 Å². The molecular weight excluding hydrogens is 360 g/mol. The van der Waals surface area contributed by atoms with E-state index in [0.717, 1.165) is 10.6 Å². The first kappa shape index (κ1) is 21.0. The van der Waals surface area contributed by atoms with Gasteiger partial charge >= 0.3 is 12.1 Å². The highest BCUT2D eigenvalue weighted by molar-refractivity contribution is 5.90. The number of benzene rings is 2. The predicted octanol–water partition coefficient (Wildman–Crippen LogP) is 3.35. The van der Waals surface area contributed by atoms with Crippen LogP contribution in [0.2, 0.25) is 0 Å². The summed E-state index contributed by atoms with van der Waals surface area (Å²) in [5, 5.41) is 1.06. The van der Waals surface area contributed by atoms with E-state index in [9.17, 15) is 14.4 Å². The first-order chi connectivity index (χ1) is 13.1. The van der Waals surface area contributed by atoms with Crippen molar-refractivity contribution in [3.05, 3.63) is 65.7 Å². The third kappa shape index (κ3) is 6.75. The van der Waals surface area contributed by atoms with E-state index < -0.39 is 17.7 Å². The number of rotatable bonds is 4. The minimum absolute atomic E-state index is 0.145. The number of nitrogens with one attached hydrogen (secondary N) is 1. The number of esters is 1. The summed E-state index contributed by atoms with van der Waals surface area (Å²) in [5.74, 6) is -0.663. The van der Waals surface area contributed by atoms with Crippen molar-refractivity contribution in [2.75, 3.05) is 7.05 Å². The Kier molecular flexibility index (Phi) is 6.76. The number of hydrogen-bond acceptors (Lipinski definition) is 5. The molecule has 0 aromatic heterocycles. The SMILES string of the molecule is CN(NC(=O)Oc1cccc(C(=O)OC(C)(C)C)c1)C(=O)Cc1ccccc1. The Morgan fingerprint density at radius 1 is 1.00 bits per heavy atom. The molecule has 0 heterocycles. The van der Waals surface area contributed by atoms with Crippen LogP contribution in [0, 0.1) is 0 Å². The zero-order valence-electron chi connectivity index (χ0n) is 16.4. The molecule has 28 heavy (non-hydrogen) atoms. The normalized spacial score (nSPS) is 10.7. The van der Waals surface area contributed by atoms with Crippen LogP contribution in [-0.2, 0) is 16.0 Å². The first-order valence-electron chi connectivity index (χ1n) is 8.76. The Labute approximate surface area is 164 Å². The van der Waals surface area contributed by atoms with Gasteiger partial charge in [-0.1, -0.05) is 36.4 Å². The molecule has 0 fully saturated rings. The smallest absolute Gasteiger partial charge is 0.431 e. The Balaban J connectivity index is 1.92. The van der Waals surface area contributed by atoms with E-state index in [4.69, 9.17) is 9.47 Å². The molecule has 0 bridgehead atoms. The average molecular weight is 384 g/mol. The van der Waals surface area contributed by atoms with Gasteiger partial charge in [0.2, 0.25) is 5.91 Å². The molecule has 7 heteroatoms. The maximum atomic E-state index is 12.2. The fourth-order valence-corrected chi connectivity index (χ4v) is 2.24. The number of carbonyl (C=O) groups excluding carboxylic acids is 3. The van der Waals surface area contributed by atoms with Crippen LogP contribution >= 0.6 is 0 Å². The van der Waals surface area contributed by atoms with Crippen LogP contribution in [0.15, 0.2) is 54.6 Å². The van der Waals surface area contributed by atoms with E-state index in [0.29, 0.717) is 0 Å². The highest BCUT2D eigenvalue weighted by Gasteiger charge is 2.19. The van der Waals surface area contributed by atoms with Gasteiger partial charge in [-0.25, -0.2) is 15.0 Å². The molecule has 0 unspecified atom stereocenters. The third-order valence-corrected chi connectivity index (χ3v) is 3.51. The highest BCUT2D eigenvalue weighted by Crippen LogP contribution is 2.17. The number of ether oxygens (including phenoxy) is 2. The molecule has 0 saturated carbocycles. The molecule has 2 aromatic rings. The molecule has 0 aliphatic carbocycles. The Morgan fingerprint density at radius 3 is 2.32 bits per heavy atom. The van der Waals surface area contributed by atoms with E-state index in [2.05, 4.69) is 5.43 Å². The van der Waals surface area contributed by atoms with E-state index >= 15 is 0 Å². The van der Waals surface area contributed by atoms with Crippen LogP contribution in [-0.4, -0.2) is 35.6 Å². The first-order valence-corrected chi connectivity index (χ1v) is 8.76. The van der Waals surface area contributed by atoms with Crippen molar-refractivity contribution in [3.63, 3.8) is 0 Å². The summed E-state index contributed by atoms with van der Waals surface area (Å²) in [6.07, 6.45) is -0.698. The van der Waals surface area contributed by atoms with Crippen molar-refractivity contribution in [1.82, 2.24) is 10.4 Å². The summed E-state index contributed by atoms with van der Waals surface area (Å²) in [4.78, 5) is 36.3. The van der Waals surface area contributed by atoms with Gasteiger partial charge in [-0.15, -0.1) is 0 Å². The van der Waals surface area contributed by atoms with Gasteiger partial charge in [0, 0.05) is 7.05 Å². The van der Waals surface area contributed by atoms with Gasteiger partial charge in [-0.2, -0.15) is 0 Å². The topological polar surface area (TPSA) is 84.9 Å². The van der Waals surface area contributed by atoms with Gasteiger partial charge in [0.1, 0.15) is 11.4 Å². The van der Waals surface area contributed by atoms with Crippen molar-refractivity contribution in [3.8, 4) is 5.75 Å². The zero-order chi connectivity index (χ0) is 20.7. The van der Waals surface area contributed by atoms with Crippen molar-refractivity contribution >= 4 is 18.0 Å². The lowest BCUT2D eigenvalue weighted by molar-refractivity contribution is -0.131. The van der Waals surface area contributed by atoms with Gasteiger partial charge in [0.15, 0.2) is 0 Å². The number of hydrazine groups is 1. The van der Waals surface area contributed by atoms with Crippen LogP contribution in [0.4, 0.5) is 4.79 Å². The third-order valence-electron chi connectivity index (χ3n) is 3.51. The minimum Gasteiger partial charge on any atom is -0.456 e. The Bertz CT molecular complexity index is 843. The van der Waals surface area contributed by atoms with Crippen LogP contribution in [0.3, 0.4) is 0 Å². The fraction of sp³-hybridized carbons (Fsp3) is 0.286. The largest absolute Gasteiger partial charge is 0.456 e. The number of carbonyl (C=O) groups is 3.